The lowest BCUT2D eigenvalue weighted by atomic mass is 9.87. The van der Waals surface area contributed by atoms with E-state index in [0.717, 1.165) is 43.0 Å². The van der Waals surface area contributed by atoms with Gasteiger partial charge in [-0.2, -0.15) is 4.98 Å². The van der Waals surface area contributed by atoms with Crippen LogP contribution in [0, 0.1) is 11.8 Å². The van der Waals surface area contributed by atoms with Crippen molar-refractivity contribution in [3.8, 4) is 11.6 Å². The largest absolute Gasteiger partial charge is 0.495 e. The minimum atomic E-state index is -0.280. The van der Waals surface area contributed by atoms with E-state index < -0.39 is 0 Å². The van der Waals surface area contributed by atoms with Crippen LogP contribution in [0.25, 0.3) is 0 Å². The monoisotopic (exact) mass is 493 g/mol. The molecule has 5 rings (SSSR count). The highest BCUT2D eigenvalue weighted by molar-refractivity contribution is 6.32. The second-order valence-corrected chi connectivity index (χ2v) is 9.44. The summed E-state index contributed by atoms with van der Waals surface area (Å²) in [5.41, 5.74) is 2.16. The van der Waals surface area contributed by atoms with Gasteiger partial charge in [0.25, 0.3) is 5.91 Å². The van der Waals surface area contributed by atoms with Gasteiger partial charge in [-0.05, 0) is 47.9 Å². The van der Waals surface area contributed by atoms with Gasteiger partial charge < -0.3 is 19.5 Å². The molecule has 182 valence electrons. The van der Waals surface area contributed by atoms with Crippen molar-refractivity contribution in [1.29, 1.82) is 0 Å². The number of fused-ring (bicyclic) bond motifs is 2. The lowest BCUT2D eigenvalue weighted by molar-refractivity contribution is 0.0297. The van der Waals surface area contributed by atoms with Crippen LogP contribution in [0.5, 0.6) is 11.6 Å². The summed E-state index contributed by atoms with van der Waals surface area (Å²) in [5.74, 6) is 2.35. The number of carbonyl (C=O) groups is 1. The van der Waals surface area contributed by atoms with Gasteiger partial charge in [0, 0.05) is 18.7 Å². The summed E-state index contributed by atoms with van der Waals surface area (Å²) in [4.78, 5) is 22.5. The van der Waals surface area contributed by atoms with Crippen molar-refractivity contribution in [2.75, 3.05) is 20.3 Å². The Morgan fingerprint density at radius 3 is 2.60 bits per heavy atom. The molecule has 7 nitrogen and oxygen atoms in total. The number of methoxy groups -OCH3 is 1. The van der Waals surface area contributed by atoms with Crippen LogP contribution in [0.1, 0.15) is 46.1 Å². The van der Waals surface area contributed by atoms with Crippen LogP contribution >= 0.6 is 11.6 Å². The molecule has 0 spiro atoms. The van der Waals surface area contributed by atoms with Crippen molar-refractivity contribution in [3.63, 3.8) is 0 Å². The summed E-state index contributed by atoms with van der Waals surface area (Å²) in [6, 6.07) is 15.2. The van der Waals surface area contributed by atoms with E-state index in [-0.39, 0.29) is 24.3 Å². The average Bonchev–Trinajstić information content (AvgIpc) is 3.14. The Kier molecular flexibility index (Phi) is 7.16. The number of benzene rings is 2. The number of nitrogens with zero attached hydrogens (tertiary/aromatic N) is 2. The maximum absolute atomic E-state index is 13.1. The van der Waals surface area contributed by atoms with E-state index in [0.29, 0.717) is 34.7 Å². The molecular formula is C27H28ClN3O4. The third kappa shape index (κ3) is 5.26. The number of rotatable bonds is 8. The minimum absolute atomic E-state index is 0.208. The number of ether oxygens (including phenoxy) is 3. The van der Waals surface area contributed by atoms with Gasteiger partial charge in [-0.15, -0.1) is 0 Å². The standard InChI is InChI=1S/C27H28ClN3O4/c1-33-23-10-7-18(11-22(23)28)14-35-27-21(26(32)30-12-17-5-3-2-4-6-17)13-29-25(31-27)24-19-8-9-20(24)16-34-15-19/h2-7,10-11,13,19-20,24H,8-9,12,14-16H2,1H3,(H,30,32). The van der Waals surface area contributed by atoms with E-state index in [1.807, 2.05) is 36.4 Å². The maximum Gasteiger partial charge on any atom is 0.258 e. The fraction of sp³-hybridized carbons (Fsp3) is 0.370. The number of aromatic nitrogens is 2. The number of nitrogens with one attached hydrogen (secondary N) is 1. The van der Waals surface area contributed by atoms with Gasteiger partial charge in [-0.3, -0.25) is 4.79 Å². The Morgan fingerprint density at radius 1 is 1.11 bits per heavy atom. The molecule has 2 heterocycles. The average molecular weight is 494 g/mol. The Hall–Kier alpha value is -3.16. The van der Waals surface area contributed by atoms with Gasteiger partial charge in [-0.25, -0.2) is 4.98 Å². The zero-order chi connectivity index (χ0) is 24.2. The molecule has 2 aromatic carbocycles. The van der Waals surface area contributed by atoms with Crippen LogP contribution in [0.2, 0.25) is 5.02 Å². The third-order valence-corrected chi connectivity index (χ3v) is 7.09. The first kappa shape index (κ1) is 23.6. The van der Waals surface area contributed by atoms with Gasteiger partial charge in [0.05, 0.1) is 25.3 Å². The molecule has 1 amide bonds. The second kappa shape index (κ2) is 10.6. The van der Waals surface area contributed by atoms with Crippen LogP contribution in [-0.4, -0.2) is 36.2 Å². The fourth-order valence-corrected chi connectivity index (χ4v) is 5.25. The molecule has 2 fully saturated rings. The number of hydrogen-bond acceptors (Lipinski definition) is 6. The predicted octanol–water partition coefficient (Wildman–Crippen LogP) is 4.79. The highest BCUT2D eigenvalue weighted by Crippen LogP contribution is 2.46. The number of hydrogen-bond donors (Lipinski definition) is 1. The number of halogens is 1. The summed E-state index contributed by atoms with van der Waals surface area (Å²) in [6.45, 7) is 2.06. The quantitative estimate of drug-likeness (QED) is 0.486. The molecule has 1 aromatic heterocycles. The first-order valence-electron chi connectivity index (χ1n) is 11.8. The summed E-state index contributed by atoms with van der Waals surface area (Å²) in [7, 11) is 1.57. The molecule has 2 bridgehead atoms. The molecule has 1 aliphatic heterocycles. The summed E-state index contributed by atoms with van der Waals surface area (Å²) in [5, 5.41) is 3.45. The maximum atomic E-state index is 13.1. The summed E-state index contributed by atoms with van der Waals surface area (Å²) in [6.07, 6.45) is 3.81. The molecule has 0 radical (unpaired) electrons. The van der Waals surface area contributed by atoms with Crippen molar-refractivity contribution >= 4 is 17.5 Å². The highest BCUT2D eigenvalue weighted by atomic mass is 35.5. The number of carbonyl (C=O) groups excluding carboxylic acids is 1. The smallest absolute Gasteiger partial charge is 0.258 e. The van der Waals surface area contributed by atoms with Crippen molar-refractivity contribution in [2.24, 2.45) is 11.8 Å². The summed E-state index contributed by atoms with van der Waals surface area (Å²) < 4.78 is 17.1. The Labute approximate surface area is 209 Å². The van der Waals surface area contributed by atoms with E-state index in [1.54, 1.807) is 25.4 Å². The SMILES string of the molecule is COc1ccc(COc2nc(C3C4CCC3COC4)ncc2C(=O)NCc2ccccc2)cc1Cl. The zero-order valence-corrected chi connectivity index (χ0v) is 20.3. The van der Waals surface area contributed by atoms with E-state index in [9.17, 15) is 4.79 Å². The topological polar surface area (TPSA) is 82.6 Å². The van der Waals surface area contributed by atoms with Crippen molar-refractivity contribution in [1.82, 2.24) is 15.3 Å². The first-order chi connectivity index (χ1) is 17.1. The van der Waals surface area contributed by atoms with Gasteiger partial charge >= 0.3 is 0 Å². The van der Waals surface area contributed by atoms with Gasteiger partial charge in [0.15, 0.2) is 0 Å². The van der Waals surface area contributed by atoms with Gasteiger partial charge in [0.2, 0.25) is 5.88 Å². The Morgan fingerprint density at radius 2 is 1.89 bits per heavy atom. The number of amides is 1. The van der Waals surface area contributed by atoms with Gasteiger partial charge in [-0.1, -0.05) is 48.0 Å². The normalized spacial score (nSPS) is 20.9. The van der Waals surface area contributed by atoms with E-state index in [2.05, 4.69) is 10.3 Å². The molecule has 1 saturated carbocycles. The van der Waals surface area contributed by atoms with Crippen LogP contribution in [0.15, 0.2) is 54.7 Å². The van der Waals surface area contributed by atoms with Crippen molar-refractivity contribution in [2.45, 2.75) is 31.9 Å². The second-order valence-electron chi connectivity index (χ2n) is 9.03. The molecule has 3 aromatic rings. The van der Waals surface area contributed by atoms with E-state index in [4.69, 9.17) is 30.8 Å². The molecule has 2 unspecified atom stereocenters. The Bertz CT molecular complexity index is 1170. The van der Waals surface area contributed by atoms with E-state index in [1.165, 1.54) is 0 Å². The highest BCUT2D eigenvalue weighted by Gasteiger charge is 2.42. The summed E-state index contributed by atoms with van der Waals surface area (Å²) >= 11 is 6.28. The molecule has 2 atom stereocenters. The zero-order valence-electron chi connectivity index (χ0n) is 19.6. The van der Waals surface area contributed by atoms with Crippen LogP contribution < -0.4 is 14.8 Å². The molecule has 1 saturated heterocycles. The molecule has 8 heteroatoms. The molecule has 2 aliphatic rings. The van der Waals surface area contributed by atoms with Crippen LogP contribution in [0.4, 0.5) is 0 Å². The van der Waals surface area contributed by atoms with Gasteiger partial charge in [0.1, 0.15) is 23.7 Å². The Balaban J connectivity index is 1.39. The lowest BCUT2D eigenvalue weighted by Gasteiger charge is -2.29. The van der Waals surface area contributed by atoms with Crippen LogP contribution in [-0.2, 0) is 17.9 Å². The van der Waals surface area contributed by atoms with Crippen molar-refractivity contribution < 1.29 is 19.0 Å². The predicted molar refractivity (Wildman–Crippen MR) is 132 cm³/mol. The van der Waals surface area contributed by atoms with Crippen LogP contribution in [0.3, 0.4) is 0 Å². The first-order valence-corrected chi connectivity index (χ1v) is 12.2. The fourth-order valence-electron chi connectivity index (χ4n) is 4.97. The molecule has 1 N–H and O–H groups in total. The molecule has 35 heavy (non-hydrogen) atoms. The molecule has 1 aliphatic carbocycles. The van der Waals surface area contributed by atoms with E-state index >= 15 is 0 Å². The third-order valence-electron chi connectivity index (χ3n) is 6.79. The van der Waals surface area contributed by atoms with Crippen molar-refractivity contribution in [3.05, 3.63) is 82.3 Å². The minimum Gasteiger partial charge on any atom is -0.495 e. The lowest BCUT2D eigenvalue weighted by Crippen LogP contribution is -2.29. The molecular weight excluding hydrogens is 466 g/mol.